The van der Waals surface area contributed by atoms with Crippen molar-refractivity contribution < 1.29 is 19.4 Å². The van der Waals surface area contributed by atoms with Gasteiger partial charge < -0.3 is 14.6 Å². The minimum absolute atomic E-state index is 0.386. The van der Waals surface area contributed by atoms with Crippen LogP contribution in [0.1, 0.15) is 6.92 Å². The Hall–Kier alpha value is -1.55. The van der Waals surface area contributed by atoms with Gasteiger partial charge in [0.2, 0.25) is 0 Å². The molecule has 4 heteroatoms. The summed E-state index contributed by atoms with van der Waals surface area (Å²) in [6.45, 7) is 1.35. The highest BCUT2D eigenvalue weighted by atomic mass is 16.5. The van der Waals surface area contributed by atoms with Crippen LogP contribution in [0.5, 0.6) is 11.5 Å². The second kappa shape index (κ2) is 4.62. The normalized spacial score (nSPS) is 11.9. The summed E-state index contributed by atoms with van der Waals surface area (Å²) in [4.78, 5) is 11.0. The molecule has 0 spiro atoms. The lowest BCUT2D eigenvalue weighted by Crippen LogP contribution is -2.21. The fraction of sp³-hybridized carbons (Fsp3) is 0.300. The van der Waals surface area contributed by atoms with Crippen molar-refractivity contribution >= 4 is 5.97 Å². The number of esters is 1. The van der Waals surface area contributed by atoms with Crippen LogP contribution < -0.4 is 9.47 Å². The molecule has 0 aromatic heterocycles. The van der Waals surface area contributed by atoms with E-state index in [1.54, 1.807) is 31.4 Å². The van der Waals surface area contributed by atoms with E-state index in [9.17, 15) is 4.79 Å². The molecule has 0 saturated heterocycles. The van der Waals surface area contributed by atoms with E-state index in [-0.39, 0.29) is 0 Å². The summed E-state index contributed by atoms with van der Waals surface area (Å²) in [5, 5.41) is 8.88. The molecule has 0 amide bonds. The zero-order valence-corrected chi connectivity index (χ0v) is 8.06. The first-order valence-electron chi connectivity index (χ1n) is 4.17. The summed E-state index contributed by atoms with van der Waals surface area (Å²) in [5.41, 5.74) is 0. The SMILES string of the molecule is COc1ccc(OC(=O)C(C)O)cc1. The van der Waals surface area contributed by atoms with E-state index < -0.39 is 12.1 Å². The molecular formula is C10H12O4. The third-order valence-corrected chi connectivity index (χ3v) is 1.62. The molecule has 76 valence electrons. The Balaban J connectivity index is 2.64. The first-order valence-corrected chi connectivity index (χ1v) is 4.17. The molecule has 1 atom stereocenters. The smallest absolute Gasteiger partial charge is 0.340 e. The third-order valence-electron chi connectivity index (χ3n) is 1.62. The minimum Gasteiger partial charge on any atom is -0.497 e. The number of aliphatic hydroxyl groups excluding tert-OH is 1. The molecule has 1 aromatic rings. The van der Waals surface area contributed by atoms with E-state index in [0.717, 1.165) is 0 Å². The van der Waals surface area contributed by atoms with E-state index >= 15 is 0 Å². The number of hydrogen-bond acceptors (Lipinski definition) is 4. The second-order valence-corrected chi connectivity index (χ2v) is 2.77. The molecule has 4 nitrogen and oxygen atoms in total. The average molecular weight is 196 g/mol. The number of rotatable bonds is 3. The third kappa shape index (κ3) is 2.74. The van der Waals surface area contributed by atoms with Gasteiger partial charge in [-0.05, 0) is 31.2 Å². The molecule has 0 bridgehead atoms. The lowest BCUT2D eigenvalue weighted by atomic mass is 10.3. The van der Waals surface area contributed by atoms with Gasteiger partial charge in [-0.3, -0.25) is 0 Å². The van der Waals surface area contributed by atoms with Crippen LogP contribution in [-0.4, -0.2) is 24.3 Å². The van der Waals surface area contributed by atoms with Crippen molar-refractivity contribution in [2.75, 3.05) is 7.11 Å². The summed E-state index contributed by atoms with van der Waals surface area (Å²) >= 11 is 0. The van der Waals surface area contributed by atoms with Gasteiger partial charge in [-0.2, -0.15) is 0 Å². The zero-order chi connectivity index (χ0) is 10.6. The molecule has 1 aromatic carbocycles. The monoisotopic (exact) mass is 196 g/mol. The predicted molar refractivity (Wildman–Crippen MR) is 50.3 cm³/mol. The molecule has 1 rings (SSSR count). The zero-order valence-electron chi connectivity index (χ0n) is 8.06. The summed E-state index contributed by atoms with van der Waals surface area (Å²) < 4.78 is 9.76. The first-order chi connectivity index (χ1) is 6.63. The molecule has 1 unspecified atom stereocenters. The highest BCUT2D eigenvalue weighted by molar-refractivity contribution is 5.76. The van der Waals surface area contributed by atoms with Gasteiger partial charge in [0.05, 0.1) is 7.11 Å². The number of ether oxygens (including phenoxy) is 2. The minimum atomic E-state index is -1.11. The van der Waals surface area contributed by atoms with Crippen LogP contribution in [0.4, 0.5) is 0 Å². The fourth-order valence-corrected chi connectivity index (χ4v) is 0.845. The summed E-state index contributed by atoms with van der Waals surface area (Å²) in [6, 6.07) is 6.54. The lowest BCUT2D eigenvalue weighted by molar-refractivity contribution is -0.142. The van der Waals surface area contributed by atoms with Crippen molar-refractivity contribution in [3.05, 3.63) is 24.3 Å². The molecule has 0 heterocycles. The molecular weight excluding hydrogens is 184 g/mol. The summed E-state index contributed by atoms with van der Waals surface area (Å²) in [5.74, 6) is 0.397. The van der Waals surface area contributed by atoms with Crippen LogP contribution in [0.15, 0.2) is 24.3 Å². The van der Waals surface area contributed by atoms with Gasteiger partial charge in [0.25, 0.3) is 0 Å². The highest BCUT2D eigenvalue weighted by Gasteiger charge is 2.10. The van der Waals surface area contributed by atoms with E-state index in [0.29, 0.717) is 11.5 Å². The largest absolute Gasteiger partial charge is 0.497 e. The Morgan fingerprint density at radius 2 is 1.79 bits per heavy atom. The Morgan fingerprint density at radius 1 is 1.29 bits per heavy atom. The van der Waals surface area contributed by atoms with Crippen molar-refractivity contribution in [3.8, 4) is 11.5 Å². The molecule has 0 fully saturated rings. The maximum atomic E-state index is 11.0. The summed E-state index contributed by atoms with van der Waals surface area (Å²) in [6.07, 6.45) is -1.11. The van der Waals surface area contributed by atoms with Crippen LogP contribution in [0, 0.1) is 0 Å². The number of hydrogen-bond donors (Lipinski definition) is 1. The summed E-state index contributed by atoms with van der Waals surface area (Å²) in [7, 11) is 1.55. The molecule has 0 aliphatic carbocycles. The van der Waals surface area contributed by atoms with Gasteiger partial charge in [-0.1, -0.05) is 0 Å². The van der Waals surface area contributed by atoms with Crippen LogP contribution >= 0.6 is 0 Å². The van der Waals surface area contributed by atoms with Crippen molar-refractivity contribution in [2.24, 2.45) is 0 Å². The van der Waals surface area contributed by atoms with E-state index in [1.807, 2.05) is 0 Å². The van der Waals surface area contributed by atoms with Gasteiger partial charge in [0.1, 0.15) is 17.6 Å². The maximum Gasteiger partial charge on any atom is 0.340 e. The maximum absolute atomic E-state index is 11.0. The predicted octanol–water partition coefficient (Wildman–Crippen LogP) is 0.981. The van der Waals surface area contributed by atoms with E-state index in [2.05, 4.69) is 0 Å². The number of benzene rings is 1. The Bertz CT molecular complexity index is 302. The van der Waals surface area contributed by atoms with E-state index in [4.69, 9.17) is 14.6 Å². The van der Waals surface area contributed by atoms with Crippen molar-refractivity contribution in [1.82, 2.24) is 0 Å². The molecule has 1 N–H and O–H groups in total. The fourth-order valence-electron chi connectivity index (χ4n) is 0.845. The second-order valence-electron chi connectivity index (χ2n) is 2.77. The Morgan fingerprint density at radius 3 is 2.21 bits per heavy atom. The van der Waals surface area contributed by atoms with Gasteiger partial charge in [-0.25, -0.2) is 4.79 Å². The van der Waals surface area contributed by atoms with Crippen LogP contribution in [0.25, 0.3) is 0 Å². The molecule has 14 heavy (non-hydrogen) atoms. The number of methoxy groups -OCH3 is 1. The van der Waals surface area contributed by atoms with Gasteiger partial charge >= 0.3 is 5.97 Å². The van der Waals surface area contributed by atoms with Crippen LogP contribution in [0.3, 0.4) is 0 Å². The lowest BCUT2D eigenvalue weighted by Gasteiger charge is -2.06. The van der Waals surface area contributed by atoms with Crippen molar-refractivity contribution in [1.29, 1.82) is 0 Å². The molecule has 0 aliphatic heterocycles. The highest BCUT2D eigenvalue weighted by Crippen LogP contribution is 2.17. The standard InChI is InChI=1S/C10H12O4/c1-7(11)10(12)14-9-5-3-8(13-2)4-6-9/h3-7,11H,1-2H3. The molecule has 0 aliphatic rings. The van der Waals surface area contributed by atoms with Gasteiger partial charge in [-0.15, -0.1) is 0 Å². The number of carbonyl (C=O) groups is 1. The van der Waals surface area contributed by atoms with Gasteiger partial charge in [0.15, 0.2) is 0 Å². The van der Waals surface area contributed by atoms with Crippen molar-refractivity contribution in [3.63, 3.8) is 0 Å². The topological polar surface area (TPSA) is 55.8 Å². The molecule has 0 radical (unpaired) electrons. The average Bonchev–Trinajstić information content (AvgIpc) is 2.19. The Kier molecular flexibility index (Phi) is 3.48. The van der Waals surface area contributed by atoms with Crippen LogP contribution in [-0.2, 0) is 4.79 Å². The van der Waals surface area contributed by atoms with Crippen molar-refractivity contribution in [2.45, 2.75) is 13.0 Å². The van der Waals surface area contributed by atoms with Gasteiger partial charge in [0, 0.05) is 0 Å². The number of carbonyl (C=O) groups excluding carboxylic acids is 1. The first kappa shape index (κ1) is 10.5. The Labute approximate surface area is 82.1 Å². The molecule has 0 saturated carbocycles. The van der Waals surface area contributed by atoms with E-state index in [1.165, 1.54) is 6.92 Å². The quantitative estimate of drug-likeness (QED) is 0.578. The van der Waals surface area contributed by atoms with Crippen LogP contribution in [0.2, 0.25) is 0 Å². The number of aliphatic hydroxyl groups is 1.